The van der Waals surface area contributed by atoms with E-state index in [-0.39, 0.29) is 11.6 Å². The highest BCUT2D eigenvalue weighted by Gasteiger charge is 2.21. The van der Waals surface area contributed by atoms with Crippen molar-refractivity contribution in [1.82, 2.24) is 5.06 Å². The van der Waals surface area contributed by atoms with Crippen LogP contribution in [0.1, 0.15) is 28.8 Å². The summed E-state index contributed by atoms with van der Waals surface area (Å²) in [6, 6.07) is 4.36. The normalized spacial score (nSPS) is 15.5. The van der Waals surface area contributed by atoms with Gasteiger partial charge in [0.1, 0.15) is 0 Å². The molecule has 0 spiro atoms. The van der Waals surface area contributed by atoms with Gasteiger partial charge in [-0.05, 0) is 31.4 Å². The van der Waals surface area contributed by atoms with Gasteiger partial charge in [-0.2, -0.15) is 0 Å². The average molecular weight is 250 g/mol. The predicted molar refractivity (Wildman–Crippen MR) is 64.1 cm³/mol. The third-order valence-electron chi connectivity index (χ3n) is 2.75. The maximum absolute atomic E-state index is 12.1. The summed E-state index contributed by atoms with van der Waals surface area (Å²) in [4.78, 5) is 27.6. The van der Waals surface area contributed by atoms with Crippen LogP contribution in [0, 0.1) is 17.0 Å². The zero-order valence-electron chi connectivity index (χ0n) is 10.1. The second kappa shape index (κ2) is 5.14. The molecule has 0 aliphatic carbocycles. The molecule has 0 aromatic heterocycles. The van der Waals surface area contributed by atoms with Crippen molar-refractivity contribution in [3.8, 4) is 0 Å². The Bertz CT molecular complexity index is 481. The molecule has 18 heavy (non-hydrogen) atoms. The Morgan fingerprint density at radius 2 is 2.17 bits per heavy atom. The molecule has 1 aliphatic rings. The number of rotatable bonds is 2. The van der Waals surface area contributed by atoms with E-state index in [0.29, 0.717) is 24.3 Å². The molecule has 0 radical (unpaired) electrons. The number of carbonyl (C=O) groups excluding carboxylic acids is 1. The molecule has 1 amide bonds. The van der Waals surface area contributed by atoms with Crippen LogP contribution in [0.5, 0.6) is 0 Å². The fourth-order valence-corrected chi connectivity index (χ4v) is 1.89. The Labute approximate surface area is 104 Å². The van der Waals surface area contributed by atoms with Crippen molar-refractivity contribution in [2.75, 3.05) is 13.2 Å². The summed E-state index contributed by atoms with van der Waals surface area (Å²) in [6.07, 6.45) is 1.82. The molecule has 0 saturated carbocycles. The number of aryl methyl sites for hydroxylation is 1. The first-order chi connectivity index (χ1) is 8.58. The SMILES string of the molecule is Cc1cc(C(=O)N2CCCCO2)cc([N+](=O)[O-])c1. The highest BCUT2D eigenvalue weighted by Crippen LogP contribution is 2.19. The highest BCUT2D eigenvalue weighted by molar-refractivity contribution is 5.94. The van der Waals surface area contributed by atoms with Crippen LogP contribution < -0.4 is 0 Å². The minimum Gasteiger partial charge on any atom is -0.271 e. The van der Waals surface area contributed by atoms with Gasteiger partial charge in [0, 0.05) is 24.2 Å². The van der Waals surface area contributed by atoms with Gasteiger partial charge >= 0.3 is 0 Å². The van der Waals surface area contributed by atoms with Crippen molar-refractivity contribution in [1.29, 1.82) is 0 Å². The van der Waals surface area contributed by atoms with Crippen molar-refractivity contribution < 1.29 is 14.6 Å². The minimum absolute atomic E-state index is 0.0737. The summed E-state index contributed by atoms with van der Waals surface area (Å²) in [5.41, 5.74) is 0.906. The van der Waals surface area contributed by atoms with E-state index in [9.17, 15) is 14.9 Å². The summed E-state index contributed by atoms with van der Waals surface area (Å²) in [5, 5.41) is 12.0. The van der Waals surface area contributed by atoms with Gasteiger partial charge in [0.05, 0.1) is 11.5 Å². The van der Waals surface area contributed by atoms with Crippen LogP contribution in [0.25, 0.3) is 0 Å². The fraction of sp³-hybridized carbons (Fsp3) is 0.417. The largest absolute Gasteiger partial charge is 0.277 e. The van der Waals surface area contributed by atoms with E-state index in [2.05, 4.69) is 0 Å². The molecule has 1 aliphatic heterocycles. The molecule has 1 aromatic carbocycles. The minimum atomic E-state index is -0.499. The number of hydrogen-bond donors (Lipinski definition) is 0. The Balaban J connectivity index is 2.26. The third kappa shape index (κ3) is 2.65. The molecule has 1 fully saturated rings. The van der Waals surface area contributed by atoms with Crippen LogP contribution in [0.3, 0.4) is 0 Å². The van der Waals surface area contributed by atoms with Gasteiger partial charge in [-0.1, -0.05) is 0 Å². The summed E-state index contributed by atoms with van der Waals surface area (Å²) >= 11 is 0. The van der Waals surface area contributed by atoms with Gasteiger partial charge in [0.2, 0.25) is 0 Å². The molecule has 2 rings (SSSR count). The van der Waals surface area contributed by atoms with Crippen LogP contribution in [0.4, 0.5) is 5.69 Å². The van der Waals surface area contributed by atoms with Gasteiger partial charge in [-0.15, -0.1) is 0 Å². The van der Waals surface area contributed by atoms with Crippen LogP contribution in [-0.4, -0.2) is 29.0 Å². The quantitative estimate of drug-likeness (QED) is 0.595. The Kier molecular flexibility index (Phi) is 3.57. The molecule has 1 saturated heterocycles. The lowest BCUT2D eigenvalue weighted by Crippen LogP contribution is -2.35. The summed E-state index contributed by atoms with van der Waals surface area (Å²) < 4.78 is 0. The lowest BCUT2D eigenvalue weighted by atomic mass is 10.1. The van der Waals surface area contributed by atoms with Crippen molar-refractivity contribution in [2.45, 2.75) is 19.8 Å². The number of nitrogens with zero attached hydrogens (tertiary/aromatic N) is 2. The Hall–Kier alpha value is -1.95. The first kappa shape index (κ1) is 12.5. The average Bonchev–Trinajstić information content (AvgIpc) is 2.38. The van der Waals surface area contributed by atoms with E-state index >= 15 is 0 Å². The van der Waals surface area contributed by atoms with Crippen molar-refractivity contribution in [2.24, 2.45) is 0 Å². The van der Waals surface area contributed by atoms with Crippen molar-refractivity contribution in [3.63, 3.8) is 0 Å². The molecule has 6 heteroatoms. The van der Waals surface area contributed by atoms with Crippen LogP contribution in [0.15, 0.2) is 18.2 Å². The first-order valence-electron chi connectivity index (χ1n) is 5.79. The van der Waals surface area contributed by atoms with Crippen molar-refractivity contribution in [3.05, 3.63) is 39.4 Å². The number of amides is 1. The molecular formula is C12H14N2O4. The van der Waals surface area contributed by atoms with E-state index in [1.807, 2.05) is 0 Å². The summed E-state index contributed by atoms with van der Waals surface area (Å²) in [5.74, 6) is -0.318. The molecule has 96 valence electrons. The third-order valence-corrected chi connectivity index (χ3v) is 2.75. The number of carbonyl (C=O) groups is 1. The van der Waals surface area contributed by atoms with E-state index in [4.69, 9.17) is 4.84 Å². The van der Waals surface area contributed by atoms with Gasteiger partial charge < -0.3 is 0 Å². The van der Waals surface area contributed by atoms with E-state index in [1.165, 1.54) is 17.2 Å². The van der Waals surface area contributed by atoms with Crippen LogP contribution in [-0.2, 0) is 4.84 Å². The number of hydroxylamine groups is 2. The molecule has 1 heterocycles. The molecular weight excluding hydrogens is 236 g/mol. The second-order valence-corrected chi connectivity index (χ2v) is 4.26. The second-order valence-electron chi connectivity index (χ2n) is 4.26. The molecule has 0 unspecified atom stereocenters. The number of non-ortho nitro benzene ring substituents is 1. The molecule has 0 atom stereocenters. The number of benzene rings is 1. The summed E-state index contributed by atoms with van der Waals surface area (Å²) in [6.45, 7) is 2.76. The van der Waals surface area contributed by atoms with Gasteiger partial charge in [0.25, 0.3) is 11.6 Å². The fourth-order valence-electron chi connectivity index (χ4n) is 1.89. The molecule has 0 bridgehead atoms. The smallest absolute Gasteiger partial charge is 0.271 e. The van der Waals surface area contributed by atoms with E-state index in [1.54, 1.807) is 13.0 Å². The summed E-state index contributed by atoms with van der Waals surface area (Å²) in [7, 11) is 0. The number of nitro benzene ring substituents is 1. The maximum Gasteiger partial charge on any atom is 0.277 e. The topological polar surface area (TPSA) is 72.7 Å². The van der Waals surface area contributed by atoms with Gasteiger partial charge in [-0.25, -0.2) is 5.06 Å². The van der Waals surface area contributed by atoms with Crippen molar-refractivity contribution >= 4 is 11.6 Å². The lowest BCUT2D eigenvalue weighted by molar-refractivity contribution is -0.384. The Morgan fingerprint density at radius 1 is 1.39 bits per heavy atom. The molecule has 1 aromatic rings. The standard InChI is InChI=1S/C12H14N2O4/c1-9-6-10(8-11(7-9)14(16)17)12(15)13-4-2-3-5-18-13/h6-8H,2-5H2,1H3. The van der Waals surface area contributed by atoms with Crippen LogP contribution in [0.2, 0.25) is 0 Å². The van der Waals surface area contributed by atoms with E-state index < -0.39 is 4.92 Å². The Morgan fingerprint density at radius 3 is 2.78 bits per heavy atom. The van der Waals surface area contributed by atoms with Crippen LogP contribution >= 0.6 is 0 Å². The predicted octanol–water partition coefficient (Wildman–Crippen LogP) is 2.07. The monoisotopic (exact) mass is 250 g/mol. The molecule has 6 nitrogen and oxygen atoms in total. The first-order valence-corrected chi connectivity index (χ1v) is 5.79. The van der Waals surface area contributed by atoms with Gasteiger partial charge in [0.15, 0.2) is 0 Å². The van der Waals surface area contributed by atoms with E-state index in [0.717, 1.165) is 12.8 Å². The van der Waals surface area contributed by atoms with Gasteiger partial charge in [-0.3, -0.25) is 19.7 Å². The number of hydrogen-bond acceptors (Lipinski definition) is 4. The lowest BCUT2D eigenvalue weighted by Gasteiger charge is -2.25. The highest BCUT2D eigenvalue weighted by atomic mass is 16.7. The molecule has 0 N–H and O–H groups in total. The maximum atomic E-state index is 12.1. The number of nitro groups is 1. The zero-order chi connectivity index (χ0) is 13.1. The zero-order valence-corrected chi connectivity index (χ0v) is 10.1.